The molecule has 102 valence electrons. The molecule has 0 unspecified atom stereocenters. The highest BCUT2D eigenvalue weighted by molar-refractivity contribution is 5.85. The van der Waals surface area contributed by atoms with Crippen molar-refractivity contribution in [1.82, 2.24) is 9.88 Å². The minimum Gasteiger partial charge on any atom is -0.351 e. The lowest BCUT2D eigenvalue weighted by molar-refractivity contribution is 0.630. The van der Waals surface area contributed by atoms with Crippen LogP contribution in [0.1, 0.15) is 18.2 Å². The van der Waals surface area contributed by atoms with Crippen LogP contribution in [0.2, 0.25) is 0 Å². The van der Waals surface area contributed by atoms with Gasteiger partial charge in [0.05, 0.1) is 0 Å². The van der Waals surface area contributed by atoms with Gasteiger partial charge in [0, 0.05) is 31.5 Å². The van der Waals surface area contributed by atoms with Gasteiger partial charge in [0.2, 0.25) is 0 Å². The summed E-state index contributed by atoms with van der Waals surface area (Å²) in [6.45, 7) is 5.01. The zero-order chi connectivity index (χ0) is 13.8. The van der Waals surface area contributed by atoms with Gasteiger partial charge in [-0.25, -0.2) is 0 Å². The Morgan fingerprint density at radius 1 is 0.900 bits per heavy atom. The summed E-state index contributed by atoms with van der Waals surface area (Å²) >= 11 is 0. The second kappa shape index (κ2) is 5.93. The molecule has 0 aliphatic rings. The SMILES string of the molecule is CCn1cccc1CNCc1cccc2ccccc12. The Balaban J connectivity index is 1.71. The zero-order valence-corrected chi connectivity index (χ0v) is 11.8. The largest absolute Gasteiger partial charge is 0.351 e. The fraction of sp³-hybridized carbons (Fsp3) is 0.222. The molecule has 0 radical (unpaired) electrons. The van der Waals surface area contributed by atoms with Gasteiger partial charge in [0.25, 0.3) is 0 Å². The lowest BCUT2D eigenvalue weighted by atomic mass is 10.0. The molecule has 0 bridgehead atoms. The Bertz CT molecular complexity index is 692. The number of fused-ring (bicyclic) bond motifs is 1. The van der Waals surface area contributed by atoms with E-state index in [9.17, 15) is 0 Å². The van der Waals surface area contributed by atoms with E-state index in [0.29, 0.717) is 0 Å². The Morgan fingerprint density at radius 2 is 1.75 bits per heavy atom. The highest BCUT2D eigenvalue weighted by Gasteiger charge is 2.01. The van der Waals surface area contributed by atoms with Gasteiger partial charge in [0.1, 0.15) is 0 Å². The van der Waals surface area contributed by atoms with Crippen LogP contribution in [0.3, 0.4) is 0 Å². The molecular formula is C18H20N2. The maximum absolute atomic E-state index is 3.55. The molecule has 0 saturated carbocycles. The Hall–Kier alpha value is -2.06. The minimum absolute atomic E-state index is 0.899. The van der Waals surface area contributed by atoms with Crippen LogP contribution >= 0.6 is 0 Å². The maximum Gasteiger partial charge on any atom is 0.0362 e. The first kappa shape index (κ1) is 12.9. The summed E-state index contributed by atoms with van der Waals surface area (Å²) < 4.78 is 2.27. The van der Waals surface area contributed by atoms with Crippen molar-refractivity contribution in [3.8, 4) is 0 Å². The van der Waals surface area contributed by atoms with Crippen LogP contribution in [0.25, 0.3) is 10.8 Å². The van der Waals surface area contributed by atoms with E-state index in [0.717, 1.165) is 19.6 Å². The van der Waals surface area contributed by atoms with Crippen LogP contribution in [0, 0.1) is 0 Å². The van der Waals surface area contributed by atoms with Crippen LogP contribution in [-0.4, -0.2) is 4.57 Å². The Kier molecular flexibility index (Phi) is 3.84. The van der Waals surface area contributed by atoms with Crippen LogP contribution in [0.5, 0.6) is 0 Å². The van der Waals surface area contributed by atoms with Gasteiger partial charge < -0.3 is 9.88 Å². The van der Waals surface area contributed by atoms with Gasteiger partial charge in [-0.3, -0.25) is 0 Å². The minimum atomic E-state index is 0.899. The van der Waals surface area contributed by atoms with Crippen LogP contribution < -0.4 is 5.32 Å². The number of hydrogen-bond acceptors (Lipinski definition) is 1. The molecule has 0 atom stereocenters. The third-order valence-corrected chi connectivity index (χ3v) is 3.77. The van der Waals surface area contributed by atoms with Gasteiger partial charge >= 0.3 is 0 Å². The summed E-state index contributed by atoms with van der Waals surface area (Å²) in [6.07, 6.45) is 2.13. The molecule has 2 nitrogen and oxygen atoms in total. The van der Waals surface area contributed by atoms with Crippen molar-refractivity contribution >= 4 is 10.8 Å². The van der Waals surface area contributed by atoms with Crippen molar-refractivity contribution < 1.29 is 0 Å². The molecule has 3 rings (SSSR count). The van der Waals surface area contributed by atoms with Gasteiger partial charge in [-0.15, -0.1) is 0 Å². The van der Waals surface area contributed by atoms with Gasteiger partial charge in [-0.1, -0.05) is 42.5 Å². The first-order valence-corrected chi connectivity index (χ1v) is 7.20. The summed E-state index contributed by atoms with van der Waals surface area (Å²) in [7, 11) is 0. The molecule has 0 fully saturated rings. The predicted molar refractivity (Wildman–Crippen MR) is 84.6 cm³/mol. The number of aryl methyl sites for hydroxylation is 1. The van der Waals surface area contributed by atoms with Gasteiger partial charge in [-0.2, -0.15) is 0 Å². The molecule has 0 aliphatic heterocycles. The highest BCUT2D eigenvalue weighted by atomic mass is 15.0. The first-order valence-electron chi connectivity index (χ1n) is 7.20. The van der Waals surface area contributed by atoms with E-state index in [1.165, 1.54) is 22.0 Å². The molecule has 0 aliphatic carbocycles. The topological polar surface area (TPSA) is 17.0 Å². The molecule has 1 heterocycles. The molecule has 2 heteroatoms. The average Bonchev–Trinajstić information content (AvgIpc) is 2.95. The van der Waals surface area contributed by atoms with Crippen molar-refractivity contribution in [3.63, 3.8) is 0 Å². The van der Waals surface area contributed by atoms with E-state index in [1.807, 2.05) is 0 Å². The molecule has 0 spiro atoms. The lowest BCUT2D eigenvalue weighted by Crippen LogP contribution is -2.15. The molecule has 1 N–H and O–H groups in total. The number of nitrogens with zero attached hydrogens (tertiary/aromatic N) is 1. The second-order valence-corrected chi connectivity index (χ2v) is 5.03. The zero-order valence-electron chi connectivity index (χ0n) is 11.8. The summed E-state index contributed by atoms with van der Waals surface area (Å²) in [5.74, 6) is 0. The van der Waals surface area contributed by atoms with E-state index < -0.39 is 0 Å². The maximum atomic E-state index is 3.55. The Morgan fingerprint density at radius 3 is 2.65 bits per heavy atom. The van der Waals surface area contributed by atoms with E-state index >= 15 is 0 Å². The van der Waals surface area contributed by atoms with Crippen molar-refractivity contribution in [1.29, 1.82) is 0 Å². The van der Waals surface area contributed by atoms with Gasteiger partial charge in [0.15, 0.2) is 0 Å². The lowest BCUT2D eigenvalue weighted by Gasteiger charge is -2.10. The normalized spacial score (nSPS) is 11.1. The first-order chi connectivity index (χ1) is 9.88. The monoisotopic (exact) mass is 264 g/mol. The van der Waals surface area contributed by atoms with E-state index in [-0.39, 0.29) is 0 Å². The van der Waals surface area contributed by atoms with E-state index in [4.69, 9.17) is 0 Å². The van der Waals surface area contributed by atoms with Crippen LogP contribution in [-0.2, 0) is 19.6 Å². The number of nitrogens with one attached hydrogen (secondary N) is 1. The van der Waals surface area contributed by atoms with E-state index in [2.05, 4.69) is 77.6 Å². The van der Waals surface area contributed by atoms with Gasteiger partial charge in [-0.05, 0) is 35.4 Å². The predicted octanol–water partition coefficient (Wildman–Crippen LogP) is 3.95. The average molecular weight is 264 g/mol. The second-order valence-electron chi connectivity index (χ2n) is 5.03. The number of hydrogen-bond donors (Lipinski definition) is 1. The molecule has 1 aromatic heterocycles. The smallest absolute Gasteiger partial charge is 0.0362 e. The number of aromatic nitrogens is 1. The number of benzene rings is 2. The third-order valence-electron chi connectivity index (χ3n) is 3.77. The summed E-state index contributed by atoms with van der Waals surface area (Å²) in [5.41, 5.74) is 2.70. The van der Waals surface area contributed by atoms with Crippen molar-refractivity contribution in [2.45, 2.75) is 26.6 Å². The molecule has 0 saturated heterocycles. The van der Waals surface area contributed by atoms with Crippen molar-refractivity contribution in [2.24, 2.45) is 0 Å². The van der Waals surface area contributed by atoms with Crippen molar-refractivity contribution in [3.05, 3.63) is 72.1 Å². The van der Waals surface area contributed by atoms with Crippen molar-refractivity contribution in [2.75, 3.05) is 0 Å². The Labute approximate surface area is 120 Å². The highest BCUT2D eigenvalue weighted by Crippen LogP contribution is 2.18. The standard InChI is InChI=1S/C18H20N2/c1-2-20-12-6-10-17(20)14-19-13-16-9-5-8-15-7-3-4-11-18(15)16/h3-12,19H,2,13-14H2,1H3. The molecule has 0 amide bonds. The molecule has 2 aromatic carbocycles. The third kappa shape index (κ3) is 2.61. The molecular weight excluding hydrogens is 244 g/mol. The van der Waals surface area contributed by atoms with Crippen LogP contribution in [0.4, 0.5) is 0 Å². The van der Waals surface area contributed by atoms with Crippen LogP contribution in [0.15, 0.2) is 60.8 Å². The summed E-state index contributed by atoms with van der Waals surface area (Å²) in [4.78, 5) is 0. The van der Waals surface area contributed by atoms with E-state index in [1.54, 1.807) is 0 Å². The summed E-state index contributed by atoms with van der Waals surface area (Å²) in [6, 6.07) is 19.4. The quantitative estimate of drug-likeness (QED) is 0.738. The fourth-order valence-electron chi connectivity index (χ4n) is 2.69. The summed E-state index contributed by atoms with van der Waals surface area (Å²) in [5, 5.41) is 6.20. The fourth-order valence-corrected chi connectivity index (χ4v) is 2.69. The molecule has 20 heavy (non-hydrogen) atoms. The molecule has 3 aromatic rings. The number of rotatable bonds is 5.